The van der Waals surface area contributed by atoms with Crippen LogP contribution in [0.4, 0.5) is 10.8 Å². The number of hydrogen-bond acceptors (Lipinski definition) is 7. The second-order valence-corrected chi connectivity index (χ2v) is 9.42. The number of nitrogens with one attached hydrogen (secondary N) is 2. The Morgan fingerprint density at radius 2 is 1.88 bits per heavy atom. The minimum Gasteiger partial charge on any atom is -0.326 e. The standard InChI is InChI=1S/C20H16Cl2N6O2S2/c1-28-16(9-17(29)23-11-6-7-12(21)13(22)8-11)26-27-20(28)31-10-18(30)25-19-24-14-4-2-3-5-15(14)32-19/h2-8H,9-10H2,1H3,(H,23,29)(H,24,25,30). The Bertz CT molecular complexity index is 1270. The Labute approximate surface area is 201 Å². The van der Waals surface area contributed by atoms with Crippen molar-refractivity contribution >= 4 is 79.2 Å². The lowest BCUT2D eigenvalue weighted by Gasteiger charge is -2.07. The molecule has 0 aliphatic rings. The third kappa shape index (κ3) is 5.39. The highest BCUT2D eigenvalue weighted by atomic mass is 35.5. The fourth-order valence-electron chi connectivity index (χ4n) is 2.76. The summed E-state index contributed by atoms with van der Waals surface area (Å²) in [6.45, 7) is 0. The van der Waals surface area contributed by atoms with Crippen LogP contribution in [0.5, 0.6) is 0 Å². The van der Waals surface area contributed by atoms with Crippen molar-refractivity contribution in [3.63, 3.8) is 0 Å². The molecule has 2 aromatic carbocycles. The first-order chi connectivity index (χ1) is 15.4. The number of anilines is 2. The minimum absolute atomic E-state index is 0.0161. The van der Waals surface area contributed by atoms with Crippen molar-refractivity contribution in [2.75, 3.05) is 16.4 Å². The Morgan fingerprint density at radius 3 is 2.66 bits per heavy atom. The summed E-state index contributed by atoms with van der Waals surface area (Å²) in [7, 11) is 1.75. The Morgan fingerprint density at radius 1 is 1.06 bits per heavy atom. The van der Waals surface area contributed by atoms with Gasteiger partial charge in [0.05, 0.1) is 32.4 Å². The lowest BCUT2D eigenvalue weighted by atomic mass is 10.3. The third-order valence-electron chi connectivity index (χ3n) is 4.32. The first kappa shape index (κ1) is 22.5. The van der Waals surface area contributed by atoms with E-state index in [0.29, 0.717) is 31.8 Å². The van der Waals surface area contributed by atoms with E-state index in [1.807, 2.05) is 24.3 Å². The fraction of sp³-hybridized carbons (Fsp3) is 0.150. The number of benzene rings is 2. The lowest BCUT2D eigenvalue weighted by molar-refractivity contribution is -0.116. The molecule has 2 N–H and O–H groups in total. The number of carbonyl (C=O) groups is 2. The maximum Gasteiger partial charge on any atom is 0.236 e. The topological polar surface area (TPSA) is 102 Å². The summed E-state index contributed by atoms with van der Waals surface area (Å²) in [5.41, 5.74) is 1.38. The lowest BCUT2D eigenvalue weighted by Crippen LogP contribution is -2.17. The van der Waals surface area contributed by atoms with Gasteiger partial charge >= 0.3 is 0 Å². The molecular weight excluding hydrogens is 491 g/mol. The molecule has 0 spiro atoms. The second-order valence-electron chi connectivity index (χ2n) is 6.64. The maximum absolute atomic E-state index is 12.3. The van der Waals surface area contributed by atoms with Gasteiger partial charge in [-0.1, -0.05) is 58.4 Å². The summed E-state index contributed by atoms with van der Waals surface area (Å²) in [6.07, 6.45) is 0.0161. The highest BCUT2D eigenvalue weighted by Crippen LogP contribution is 2.26. The van der Waals surface area contributed by atoms with Crippen LogP contribution in [-0.2, 0) is 23.1 Å². The van der Waals surface area contributed by atoms with Gasteiger partial charge in [-0.2, -0.15) is 0 Å². The minimum atomic E-state index is -0.274. The molecule has 0 unspecified atom stereocenters. The van der Waals surface area contributed by atoms with Gasteiger partial charge in [-0.15, -0.1) is 10.2 Å². The fourth-order valence-corrected chi connectivity index (χ4v) is 4.67. The van der Waals surface area contributed by atoms with Gasteiger partial charge in [0.1, 0.15) is 5.82 Å². The van der Waals surface area contributed by atoms with Crippen LogP contribution < -0.4 is 10.6 Å². The molecule has 0 atom stereocenters. The van der Waals surface area contributed by atoms with E-state index in [0.717, 1.165) is 10.2 Å². The number of rotatable bonds is 7. The van der Waals surface area contributed by atoms with E-state index in [2.05, 4.69) is 25.8 Å². The number of para-hydroxylation sites is 1. The molecule has 2 aromatic heterocycles. The van der Waals surface area contributed by atoms with Gasteiger partial charge in [0.25, 0.3) is 0 Å². The zero-order chi connectivity index (χ0) is 22.7. The third-order valence-corrected chi connectivity index (χ3v) is 7.03. The zero-order valence-corrected chi connectivity index (χ0v) is 19.8. The molecule has 32 heavy (non-hydrogen) atoms. The number of hydrogen-bond donors (Lipinski definition) is 2. The van der Waals surface area contributed by atoms with E-state index >= 15 is 0 Å². The van der Waals surface area contributed by atoms with Gasteiger partial charge in [-0.05, 0) is 30.3 Å². The molecule has 2 heterocycles. The van der Waals surface area contributed by atoms with Gasteiger partial charge in [-0.3, -0.25) is 9.59 Å². The molecule has 0 saturated carbocycles. The summed E-state index contributed by atoms with van der Waals surface area (Å²) in [5, 5.41) is 15.5. The second kappa shape index (κ2) is 9.86. The van der Waals surface area contributed by atoms with Crippen LogP contribution in [-0.4, -0.2) is 37.3 Å². The van der Waals surface area contributed by atoms with Gasteiger partial charge < -0.3 is 15.2 Å². The summed E-state index contributed by atoms with van der Waals surface area (Å²) < 4.78 is 2.69. The van der Waals surface area contributed by atoms with Crippen LogP contribution in [0.15, 0.2) is 47.6 Å². The molecule has 0 bridgehead atoms. The van der Waals surface area contributed by atoms with Crippen molar-refractivity contribution in [2.45, 2.75) is 11.6 Å². The van der Waals surface area contributed by atoms with Crippen LogP contribution in [0.2, 0.25) is 10.0 Å². The molecule has 164 valence electrons. The van der Waals surface area contributed by atoms with Gasteiger partial charge in [-0.25, -0.2) is 4.98 Å². The van der Waals surface area contributed by atoms with Crippen molar-refractivity contribution in [2.24, 2.45) is 7.05 Å². The van der Waals surface area contributed by atoms with Crippen LogP contribution >= 0.6 is 46.3 Å². The van der Waals surface area contributed by atoms with E-state index < -0.39 is 0 Å². The normalized spacial score (nSPS) is 11.0. The van der Waals surface area contributed by atoms with Crippen LogP contribution in [0.3, 0.4) is 0 Å². The largest absolute Gasteiger partial charge is 0.326 e. The molecule has 8 nitrogen and oxygen atoms in total. The van der Waals surface area contributed by atoms with Crippen molar-refractivity contribution < 1.29 is 9.59 Å². The smallest absolute Gasteiger partial charge is 0.236 e. The SMILES string of the molecule is Cn1c(CC(=O)Nc2ccc(Cl)c(Cl)c2)nnc1SCC(=O)Nc1nc2ccccc2s1. The molecule has 0 fully saturated rings. The van der Waals surface area contributed by atoms with E-state index in [4.69, 9.17) is 23.2 Å². The summed E-state index contributed by atoms with van der Waals surface area (Å²) in [6, 6.07) is 12.5. The number of halogens is 2. The van der Waals surface area contributed by atoms with Gasteiger partial charge in [0.15, 0.2) is 10.3 Å². The molecule has 2 amide bonds. The maximum atomic E-state index is 12.3. The molecule has 4 aromatic rings. The Hall–Kier alpha value is -2.66. The van der Waals surface area contributed by atoms with Crippen LogP contribution in [0, 0.1) is 0 Å². The quantitative estimate of drug-likeness (QED) is 0.354. The molecule has 4 rings (SSSR count). The average molecular weight is 507 g/mol. The van der Waals surface area contributed by atoms with Crippen molar-refractivity contribution in [1.82, 2.24) is 19.7 Å². The number of amides is 2. The highest BCUT2D eigenvalue weighted by Gasteiger charge is 2.15. The van der Waals surface area contributed by atoms with Gasteiger partial charge in [0.2, 0.25) is 11.8 Å². The van der Waals surface area contributed by atoms with Crippen molar-refractivity contribution in [3.05, 3.63) is 58.3 Å². The predicted octanol–water partition coefficient (Wildman–Crippen LogP) is 4.64. The molecule has 0 saturated heterocycles. The van der Waals surface area contributed by atoms with Crippen molar-refractivity contribution in [1.29, 1.82) is 0 Å². The predicted molar refractivity (Wildman–Crippen MR) is 129 cm³/mol. The summed E-state index contributed by atoms with van der Waals surface area (Å²) in [4.78, 5) is 29.0. The van der Waals surface area contributed by atoms with E-state index in [1.165, 1.54) is 23.1 Å². The van der Waals surface area contributed by atoms with E-state index in [-0.39, 0.29) is 24.0 Å². The monoisotopic (exact) mass is 506 g/mol. The average Bonchev–Trinajstić information content (AvgIpc) is 3.32. The van der Waals surface area contributed by atoms with Crippen LogP contribution in [0.1, 0.15) is 5.82 Å². The number of thioether (sulfide) groups is 1. The zero-order valence-electron chi connectivity index (χ0n) is 16.6. The number of fused-ring (bicyclic) bond motifs is 1. The molecule has 0 radical (unpaired) electrons. The summed E-state index contributed by atoms with van der Waals surface area (Å²) >= 11 is 14.5. The molecule has 0 aliphatic heterocycles. The van der Waals surface area contributed by atoms with E-state index in [1.54, 1.807) is 29.8 Å². The first-order valence-corrected chi connectivity index (χ1v) is 11.9. The molecule has 0 aliphatic carbocycles. The molecule has 12 heteroatoms. The first-order valence-electron chi connectivity index (χ1n) is 9.30. The number of carbonyl (C=O) groups excluding carboxylic acids is 2. The van der Waals surface area contributed by atoms with Gasteiger partial charge in [0, 0.05) is 12.7 Å². The van der Waals surface area contributed by atoms with Crippen LogP contribution in [0.25, 0.3) is 10.2 Å². The number of nitrogens with zero attached hydrogens (tertiary/aromatic N) is 4. The number of thiazole rings is 1. The van der Waals surface area contributed by atoms with Crippen molar-refractivity contribution in [3.8, 4) is 0 Å². The molecular formula is C20H16Cl2N6O2S2. The Balaban J connectivity index is 1.31. The highest BCUT2D eigenvalue weighted by molar-refractivity contribution is 7.99. The number of aromatic nitrogens is 4. The summed E-state index contributed by atoms with van der Waals surface area (Å²) in [5.74, 6) is 0.133. The Kier molecular flexibility index (Phi) is 6.95. The van der Waals surface area contributed by atoms with E-state index in [9.17, 15) is 9.59 Å².